The highest BCUT2D eigenvalue weighted by Crippen LogP contribution is 2.29. The summed E-state index contributed by atoms with van der Waals surface area (Å²) in [6.07, 6.45) is 8.56. The minimum Gasteiger partial charge on any atom is -0.497 e. The first kappa shape index (κ1) is 31.4. The van der Waals surface area contributed by atoms with Gasteiger partial charge in [0.05, 0.1) is 7.11 Å². The van der Waals surface area contributed by atoms with Crippen LogP contribution in [0.2, 0.25) is 0 Å². The first-order valence-corrected chi connectivity index (χ1v) is 12.0. The van der Waals surface area contributed by atoms with Crippen LogP contribution in [0.3, 0.4) is 0 Å². The molecule has 34 heavy (non-hydrogen) atoms. The van der Waals surface area contributed by atoms with Crippen molar-refractivity contribution in [3.63, 3.8) is 0 Å². The molecule has 0 aliphatic carbocycles. The number of hydrogen-bond donors (Lipinski definition) is 0. The maximum absolute atomic E-state index is 14.9. The molecule has 0 bridgehead atoms. The Balaban J connectivity index is 5.09. The molecule has 0 aromatic heterocycles. The molecule has 0 fully saturated rings. The molecule has 0 heterocycles. The number of esters is 1. The van der Waals surface area contributed by atoms with Crippen LogP contribution in [0.15, 0.2) is 85.0 Å². The van der Waals surface area contributed by atoms with Gasteiger partial charge in [-0.2, -0.15) is 0 Å². The lowest BCUT2D eigenvalue weighted by Crippen LogP contribution is -2.11. The molecule has 0 aromatic rings. The zero-order valence-corrected chi connectivity index (χ0v) is 22.2. The van der Waals surface area contributed by atoms with Crippen molar-refractivity contribution in [1.82, 2.24) is 0 Å². The van der Waals surface area contributed by atoms with Crippen LogP contribution in [-0.2, 0) is 14.3 Å². The monoisotopic (exact) mass is 472 g/mol. The molecule has 0 aromatic carbocycles. The summed E-state index contributed by atoms with van der Waals surface area (Å²) in [5.74, 6) is 1.37. The molecule has 0 spiro atoms. The van der Waals surface area contributed by atoms with Crippen molar-refractivity contribution in [2.45, 2.75) is 60.3 Å². The maximum Gasteiger partial charge on any atom is 0.330 e. The third-order valence-corrected chi connectivity index (χ3v) is 6.34. The number of carbonyl (C=O) groups is 1. The summed E-state index contributed by atoms with van der Waals surface area (Å²) in [5.41, 5.74) is 1.62. The maximum atomic E-state index is 14.9. The van der Waals surface area contributed by atoms with Crippen molar-refractivity contribution in [2.75, 3.05) is 13.7 Å². The van der Waals surface area contributed by atoms with Gasteiger partial charge in [-0.3, -0.25) is 0 Å². The van der Waals surface area contributed by atoms with E-state index in [0.717, 1.165) is 30.4 Å². The fraction of sp³-hybridized carbons (Fsp3) is 0.500. The van der Waals surface area contributed by atoms with Gasteiger partial charge in [0.15, 0.2) is 0 Å². The van der Waals surface area contributed by atoms with Gasteiger partial charge in [-0.1, -0.05) is 80.4 Å². The molecule has 0 saturated carbocycles. The van der Waals surface area contributed by atoms with E-state index in [1.54, 1.807) is 6.08 Å². The molecule has 0 aliphatic heterocycles. The van der Waals surface area contributed by atoms with Crippen LogP contribution in [0, 0.1) is 23.7 Å². The summed E-state index contributed by atoms with van der Waals surface area (Å²) in [5, 5.41) is 0. The number of allylic oxidation sites excluding steroid dienone is 6. The number of carbonyl (C=O) groups excluding carboxylic acids is 1. The van der Waals surface area contributed by atoms with Gasteiger partial charge in [0.1, 0.15) is 18.2 Å². The van der Waals surface area contributed by atoms with Crippen LogP contribution in [0.25, 0.3) is 0 Å². The predicted molar refractivity (Wildman–Crippen MR) is 143 cm³/mol. The molecule has 3 atom stereocenters. The van der Waals surface area contributed by atoms with E-state index in [1.165, 1.54) is 26.0 Å². The van der Waals surface area contributed by atoms with E-state index in [0.29, 0.717) is 23.0 Å². The molecule has 0 N–H and O–H groups in total. The Bertz CT molecular complexity index is 813. The largest absolute Gasteiger partial charge is 0.497 e. The highest BCUT2D eigenvalue weighted by atomic mass is 19.1. The Morgan fingerprint density at radius 1 is 0.912 bits per heavy atom. The first-order chi connectivity index (χ1) is 15.8. The average Bonchev–Trinajstić information content (AvgIpc) is 2.81. The van der Waals surface area contributed by atoms with Crippen molar-refractivity contribution in [1.29, 1.82) is 0 Å². The molecular formula is C30H45FO3. The highest BCUT2D eigenvalue weighted by Gasteiger charge is 2.16. The van der Waals surface area contributed by atoms with E-state index >= 15 is 0 Å². The standard InChI is InChI=1S/C30H45FO3/c1-12-30(32)34-19-28(27(10)33-11)17-25(8)26(9)29(31)18-24(7)23(6)16-15-22(5)21(4)14-13-20(2)3/h12,17-18,20-23H,1,7-10,13-16,19H2,2-6,11H3/b28-17-,29-18+. The Labute approximate surface area is 207 Å². The molecule has 0 amide bonds. The smallest absolute Gasteiger partial charge is 0.330 e. The van der Waals surface area contributed by atoms with Crippen LogP contribution in [0.1, 0.15) is 60.3 Å². The molecule has 3 unspecified atom stereocenters. The van der Waals surface area contributed by atoms with Gasteiger partial charge >= 0.3 is 5.97 Å². The minimum absolute atomic E-state index is 0.104. The molecule has 4 heteroatoms. The zero-order chi connectivity index (χ0) is 26.4. The SMILES string of the molecule is C=CC(=O)OC/C(=C/C(=C)C(=C)/C(F)=C\C(=C)C(C)CCC(C)C(C)CCC(C)C)C(=C)OC. The molecule has 190 valence electrons. The van der Waals surface area contributed by atoms with E-state index in [1.807, 2.05) is 0 Å². The van der Waals surface area contributed by atoms with Gasteiger partial charge in [-0.25, -0.2) is 9.18 Å². The minimum atomic E-state index is -0.584. The Morgan fingerprint density at radius 3 is 1.97 bits per heavy atom. The second-order valence-electron chi connectivity index (χ2n) is 9.58. The lowest BCUT2D eigenvalue weighted by molar-refractivity contribution is -0.136. The third-order valence-electron chi connectivity index (χ3n) is 6.34. The normalized spacial score (nSPS) is 14.7. The van der Waals surface area contributed by atoms with Crippen LogP contribution >= 0.6 is 0 Å². The van der Waals surface area contributed by atoms with E-state index in [9.17, 15) is 9.18 Å². The zero-order valence-electron chi connectivity index (χ0n) is 22.2. The Morgan fingerprint density at radius 2 is 1.47 bits per heavy atom. The van der Waals surface area contributed by atoms with Gasteiger partial charge in [0, 0.05) is 17.2 Å². The number of methoxy groups -OCH3 is 1. The number of ether oxygens (including phenoxy) is 2. The molecule has 0 rings (SSSR count). The second-order valence-corrected chi connectivity index (χ2v) is 9.58. The van der Waals surface area contributed by atoms with Crippen LogP contribution < -0.4 is 0 Å². The van der Waals surface area contributed by atoms with E-state index in [-0.39, 0.29) is 23.9 Å². The predicted octanol–water partition coefficient (Wildman–Crippen LogP) is 8.45. The lowest BCUT2D eigenvalue weighted by atomic mass is 9.83. The summed E-state index contributed by atoms with van der Waals surface area (Å²) in [4.78, 5) is 11.4. The number of hydrogen-bond acceptors (Lipinski definition) is 3. The summed E-state index contributed by atoms with van der Waals surface area (Å²) < 4.78 is 25.1. The summed E-state index contributed by atoms with van der Waals surface area (Å²) in [6.45, 7) is 30.0. The third kappa shape index (κ3) is 12.0. The summed E-state index contributed by atoms with van der Waals surface area (Å²) >= 11 is 0. The summed E-state index contributed by atoms with van der Waals surface area (Å²) in [7, 11) is 1.45. The Hall–Kier alpha value is -2.62. The number of rotatable bonds is 17. The van der Waals surface area contributed by atoms with Gasteiger partial charge in [0.2, 0.25) is 0 Å². The second kappa shape index (κ2) is 16.1. The summed E-state index contributed by atoms with van der Waals surface area (Å²) in [6, 6.07) is 0. The van der Waals surface area contributed by atoms with Crippen LogP contribution in [0.4, 0.5) is 4.39 Å². The molecule has 0 aliphatic rings. The highest BCUT2D eigenvalue weighted by molar-refractivity contribution is 5.81. The fourth-order valence-corrected chi connectivity index (χ4v) is 3.25. The van der Waals surface area contributed by atoms with Crippen LogP contribution in [0.5, 0.6) is 0 Å². The number of halogens is 1. The van der Waals surface area contributed by atoms with Crippen molar-refractivity contribution < 1.29 is 18.7 Å². The van der Waals surface area contributed by atoms with Crippen molar-refractivity contribution in [3.05, 3.63) is 85.0 Å². The van der Waals surface area contributed by atoms with E-state index in [2.05, 4.69) is 67.5 Å². The van der Waals surface area contributed by atoms with Crippen LogP contribution in [-0.4, -0.2) is 19.7 Å². The lowest BCUT2D eigenvalue weighted by Gasteiger charge is -2.22. The molecule has 0 saturated heterocycles. The van der Waals surface area contributed by atoms with Crippen molar-refractivity contribution >= 4 is 5.97 Å². The van der Waals surface area contributed by atoms with E-state index < -0.39 is 11.8 Å². The fourth-order valence-electron chi connectivity index (χ4n) is 3.25. The van der Waals surface area contributed by atoms with Gasteiger partial charge < -0.3 is 9.47 Å². The average molecular weight is 473 g/mol. The topological polar surface area (TPSA) is 35.5 Å². The Kier molecular flexibility index (Phi) is 14.8. The van der Waals surface area contributed by atoms with Crippen molar-refractivity contribution in [3.8, 4) is 0 Å². The van der Waals surface area contributed by atoms with Crippen molar-refractivity contribution in [2.24, 2.45) is 23.7 Å². The van der Waals surface area contributed by atoms with Gasteiger partial charge in [-0.05, 0) is 59.8 Å². The quantitative estimate of drug-likeness (QED) is 0.0922. The molecule has 3 nitrogen and oxygen atoms in total. The first-order valence-electron chi connectivity index (χ1n) is 12.0. The molecular weight excluding hydrogens is 427 g/mol. The van der Waals surface area contributed by atoms with E-state index in [4.69, 9.17) is 9.47 Å². The van der Waals surface area contributed by atoms with Gasteiger partial charge in [0.25, 0.3) is 0 Å². The molecule has 0 radical (unpaired) electrons. The van der Waals surface area contributed by atoms with Gasteiger partial charge in [-0.15, -0.1) is 0 Å².